The lowest BCUT2D eigenvalue weighted by Gasteiger charge is -2.29. The van der Waals surface area contributed by atoms with Crippen molar-refractivity contribution in [3.05, 3.63) is 29.8 Å². The van der Waals surface area contributed by atoms with Gasteiger partial charge in [-0.3, -0.25) is 38.4 Å². The van der Waals surface area contributed by atoms with Gasteiger partial charge in [0, 0.05) is 0 Å². The minimum atomic E-state index is -1.60. The standard InChI is InChI=1S/C46H77N9O12S/c1-23(2)18-33(50-36(58)22-48-39(59)27(9)49-42(62)34(19-24(3)4)52-40(60)31(47)21-29-12-14-30(57)15-13-29)43(63)53-35(20-25(5)6)44(64)55-38(28(10)56)45(65)51-32(16-17-68-11)41(61)54-37(26(7)8)46(66)67/h12-15,23-28,31-35,37-38,56-57H,16-22,47H2,1-11H3,(H,48,59)(H,49,62)(H,50,58)(H,51,65)(H,52,60)(H,53,63)(H,54,61)(H,55,64)(H,66,67)/t27-,28+,31-,32+,33-,34-,35-,37-,38-/m0/s1. The summed E-state index contributed by atoms with van der Waals surface area (Å²) in [5.41, 5.74) is 6.81. The molecule has 0 saturated carbocycles. The smallest absolute Gasteiger partial charge is 0.326 e. The number of carbonyl (C=O) groups is 9. The molecule has 0 radical (unpaired) electrons. The van der Waals surface area contributed by atoms with Crippen LogP contribution in [0.5, 0.6) is 5.75 Å². The van der Waals surface area contributed by atoms with E-state index in [1.165, 1.54) is 37.7 Å². The van der Waals surface area contributed by atoms with E-state index in [9.17, 15) is 58.5 Å². The number of phenols is 1. The highest BCUT2D eigenvalue weighted by molar-refractivity contribution is 7.98. The van der Waals surface area contributed by atoms with Gasteiger partial charge in [-0.05, 0) is 99.3 Å². The van der Waals surface area contributed by atoms with E-state index in [0.717, 1.165) is 0 Å². The number of hydrogen-bond donors (Lipinski definition) is 12. The van der Waals surface area contributed by atoms with Gasteiger partial charge in [0.05, 0.1) is 18.7 Å². The van der Waals surface area contributed by atoms with Crippen LogP contribution in [0.2, 0.25) is 0 Å². The van der Waals surface area contributed by atoms with Crippen LogP contribution in [0, 0.1) is 23.7 Å². The molecule has 0 spiro atoms. The molecular formula is C46H77N9O12S. The number of phenolic OH excluding ortho intramolecular Hbond substituents is 1. The lowest BCUT2D eigenvalue weighted by atomic mass is 9.99. The van der Waals surface area contributed by atoms with Crippen LogP contribution in [0.25, 0.3) is 0 Å². The van der Waals surface area contributed by atoms with Crippen molar-refractivity contribution in [2.75, 3.05) is 18.6 Å². The number of carbonyl (C=O) groups excluding carboxylic acids is 8. The quantitative estimate of drug-likeness (QED) is 0.0476. The first-order valence-corrected chi connectivity index (χ1v) is 24.4. The summed E-state index contributed by atoms with van der Waals surface area (Å²) in [5, 5.41) is 50.1. The second-order valence-electron chi connectivity index (χ2n) is 18.7. The Hall–Kier alpha value is -5.48. The lowest BCUT2D eigenvalue weighted by Crippen LogP contribution is -2.61. The number of rotatable bonds is 30. The predicted molar refractivity (Wildman–Crippen MR) is 258 cm³/mol. The zero-order valence-electron chi connectivity index (χ0n) is 41.3. The number of nitrogens with one attached hydrogen (secondary N) is 8. The molecule has 0 heterocycles. The van der Waals surface area contributed by atoms with Crippen molar-refractivity contribution < 1.29 is 58.5 Å². The highest BCUT2D eigenvalue weighted by Crippen LogP contribution is 2.14. The van der Waals surface area contributed by atoms with Gasteiger partial charge in [-0.1, -0.05) is 67.5 Å². The number of aliphatic carboxylic acids is 1. The molecule has 0 aliphatic carbocycles. The zero-order valence-corrected chi connectivity index (χ0v) is 42.1. The summed E-state index contributed by atoms with van der Waals surface area (Å²) in [7, 11) is 0. The van der Waals surface area contributed by atoms with Gasteiger partial charge < -0.3 is 63.6 Å². The van der Waals surface area contributed by atoms with Crippen LogP contribution in [0.15, 0.2) is 24.3 Å². The SMILES string of the molecule is CSCC[C@@H](NC(=O)[C@@H](NC(=O)[C@H](CC(C)C)NC(=O)[C@H](CC(C)C)NC(=O)CNC(=O)[C@H](C)NC(=O)[C@H](CC(C)C)NC(=O)[C@@H](N)Cc1ccc(O)cc1)[C@@H](C)O)C(=O)N[C@H](C(=O)O)C(C)C. The normalized spacial score (nSPS) is 15.4. The molecule has 8 amide bonds. The van der Waals surface area contributed by atoms with Gasteiger partial charge in [0.15, 0.2) is 0 Å². The number of benzene rings is 1. The number of aromatic hydroxyl groups is 1. The number of nitrogens with two attached hydrogens (primary N) is 1. The molecule has 0 bridgehead atoms. The monoisotopic (exact) mass is 980 g/mol. The first-order valence-electron chi connectivity index (χ1n) is 23.0. The van der Waals surface area contributed by atoms with Crippen molar-refractivity contribution in [1.82, 2.24) is 42.5 Å². The fourth-order valence-electron chi connectivity index (χ4n) is 6.78. The average Bonchev–Trinajstić information content (AvgIpc) is 3.23. The Morgan fingerprint density at radius 1 is 0.574 bits per heavy atom. The molecule has 0 aliphatic rings. The van der Waals surface area contributed by atoms with Crippen molar-refractivity contribution in [1.29, 1.82) is 0 Å². The van der Waals surface area contributed by atoms with Crippen LogP contribution in [0.3, 0.4) is 0 Å². The highest BCUT2D eigenvalue weighted by Gasteiger charge is 2.35. The summed E-state index contributed by atoms with van der Waals surface area (Å²) in [6.07, 6.45) is 0.979. The highest BCUT2D eigenvalue weighted by atomic mass is 32.2. The minimum Gasteiger partial charge on any atom is -0.508 e. The van der Waals surface area contributed by atoms with Crippen LogP contribution in [0.1, 0.15) is 100 Å². The number of amides is 8. The molecule has 0 saturated heterocycles. The van der Waals surface area contributed by atoms with Gasteiger partial charge in [0.2, 0.25) is 47.3 Å². The summed E-state index contributed by atoms with van der Waals surface area (Å²) in [6.45, 7) is 16.2. The second kappa shape index (κ2) is 30.1. The maximum absolute atomic E-state index is 13.8. The molecule has 22 heteroatoms. The van der Waals surface area contributed by atoms with E-state index in [0.29, 0.717) is 11.3 Å². The molecule has 0 aliphatic heterocycles. The minimum absolute atomic E-state index is 0.0353. The maximum atomic E-state index is 13.8. The fourth-order valence-corrected chi connectivity index (χ4v) is 7.25. The summed E-state index contributed by atoms with van der Waals surface area (Å²) < 4.78 is 0. The van der Waals surface area contributed by atoms with Gasteiger partial charge >= 0.3 is 5.97 Å². The lowest BCUT2D eigenvalue weighted by molar-refractivity contribution is -0.143. The Morgan fingerprint density at radius 3 is 1.49 bits per heavy atom. The number of carboxylic acids is 1. The van der Waals surface area contributed by atoms with Crippen LogP contribution in [0.4, 0.5) is 0 Å². The summed E-state index contributed by atoms with van der Waals surface area (Å²) >= 11 is 1.38. The number of aliphatic hydroxyl groups excluding tert-OH is 1. The Kier molecular flexibility index (Phi) is 26.8. The van der Waals surface area contributed by atoms with Crippen LogP contribution in [-0.2, 0) is 49.6 Å². The van der Waals surface area contributed by atoms with E-state index in [4.69, 9.17) is 5.73 Å². The van der Waals surface area contributed by atoms with Crippen molar-refractivity contribution in [3.8, 4) is 5.75 Å². The summed E-state index contributed by atoms with van der Waals surface area (Å²) in [6, 6.07) is -3.50. The van der Waals surface area contributed by atoms with Gasteiger partial charge in [0.25, 0.3) is 0 Å². The largest absolute Gasteiger partial charge is 0.508 e. The van der Waals surface area contributed by atoms with E-state index < -0.39 is 120 Å². The molecule has 21 nitrogen and oxygen atoms in total. The Morgan fingerprint density at radius 2 is 1.01 bits per heavy atom. The number of hydrogen-bond acceptors (Lipinski definition) is 13. The number of aliphatic hydroxyl groups is 1. The molecule has 1 aromatic rings. The first kappa shape index (κ1) is 60.5. The molecule has 9 atom stereocenters. The predicted octanol–water partition coefficient (Wildman–Crippen LogP) is -0.196. The number of carboxylic acid groups (broad SMARTS) is 1. The molecule has 384 valence electrons. The molecule has 1 rings (SSSR count). The van der Waals surface area contributed by atoms with Gasteiger partial charge in [-0.2, -0.15) is 11.8 Å². The van der Waals surface area contributed by atoms with Crippen LogP contribution >= 0.6 is 11.8 Å². The first-order chi connectivity index (χ1) is 31.7. The molecule has 1 aromatic carbocycles. The van der Waals surface area contributed by atoms with Crippen LogP contribution < -0.4 is 48.3 Å². The van der Waals surface area contributed by atoms with Crippen molar-refractivity contribution in [2.45, 2.75) is 156 Å². The molecule has 0 unspecified atom stereocenters. The van der Waals surface area contributed by atoms with Gasteiger partial charge in [-0.15, -0.1) is 0 Å². The third-order valence-corrected chi connectivity index (χ3v) is 11.1. The maximum Gasteiger partial charge on any atom is 0.326 e. The topological polar surface area (TPSA) is 337 Å². The van der Waals surface area contributed by atoms with Crippen molar-refractivity contribution in [2.24, 2.45) is 29.4 Å². The molecule has 0 aromatic heterocycles. The Labute approximate surface area is 404 Å². The summed E-state index contributed by atoms with van der Waals surface area (Å²) in [4.78, 5) is 119. The summed E-state index contributed by atoms with van der Waals surface area (Å²) in [5.74, 6) is -7.61. The Balaban J connectivity index is 3.06. The van der Waals surface area contributed by atoms with Crippen molar-refractivity contribution >= 4 is 65.0 Å². The third-order valence-electron chi connectivity index (χ3n) is 10.5. The van der Waals surface area contributed by atoms with Gasteiger partial charge in [0.1, 0.15) is 48.0 Å². The molecule has 0 fully saturated rings. The molecule has 68 heavy (non-hydrogen) atoms. The molecular weight excluding hydrogens is 903 g/mol. The zero-order chi connectivity index (χ0) is 52.0. The third kappa shape index (κ3) is 22.5. The molecule has 13 N–H and O–H groups in total. The number of thioether (sulfide) groups is 1. The fraction of sp³-hybridized carbons (Fsp3) is 0.674. The van der Waals surface area contributed by atoms with E-state index >= 15 is 0 Å². The van der Waals surface area contributed by atoms with E-state index in [-0.39, 0.29) is 55.6 Å². The second-order valence-corrected chi connectivity index (χ2v) is 19.7. The van der Waals surface area contributed by atoms with Crippen LogP contribution in [-0.4, -0.2) is 142 Å². The van der Waals surface area contributed by atoms with E-state index in [1.807, 2.05) is 13.8 Å². The van der Waals surface area contributed by atoms with Gasteiger partial charge in [-0.25, -0.2) is 4.79 Å². The Bertz CT molecular complexity index is 1850. The van der Waals surface area contributed by atoms with E-state index in [2.05, 4.69) is 42.5 Å². The average molecular weight is 980 g/mol. The van der Waals surface area contributed by atoms with E-state index in [1.54, 1.807) is 59.9 Å². The van der Waals surface area contributed by atoms with Crippen molar-refractivity contribution in [3.63, 3.8) is 0 Å².